The molecule has 17 aromatic carbocycles. The molecule has 1 unspecified atom stereocenters. The van der Waals surface area contributed by atoms with E-state index in [1.165, 1.54) is 22.3 Å². The van der Waals surface area contributed by atoms with Crippen LogP contribution in [0.5, 0.6) is 0 Å². The maximum absolute atomic E-state index is 6.74. The first-order chi connectivity index (χ1) is 61.4. The van der Waals surface area contributed by atoms with Crippen molar-refractivity contribution in [3.05, 3.63) is 463 Å². The summed E-state index contributed by atoms with van der Waals surface area (Å²) in [4.78, 5) is 32.9. The summed E-state index contributed by atoms with van der Waals surface area (Å²) in [6.07, 6.45) is 0. The molecule has 2 aliphatic rings. The van der Waals surface area contributed by atoms with E-state index in [-0.39, 0.29) is 0 Å². The first-order valence-electron chi connectivity index (χ1n) is 41.9. The van der Waals surface area contributed by atoms with Gasteiger partial charge in [-0.3, -0.25) is 0 Å². The summed E-state index contributed by atoms with van der Waals surface area (Å²) >= 11 is 0. The molecule has 6 heterocycles. The van der Waals surface area contributed by atoms with Gasteiger partial charge >= 0.3 is 0 Å². The van der Waals surface area contributed by atoms with Crippen molar-refractivity contribution in [3.63, 3.8) is 0 Å². The lowest BCUT2D eigenvalue weighted by Crippen LogP contribution is -2.28. The van der Waals surface area contributed by atoms with E-state index < -0.39 is 10.8 Å². The Morgan fingerprint density at radius 3 is 1.14 bits per heavy atom. The van der Waals surface area contributed by atoms with Gasteiger partial charge in [-0.25, -0.2) is 29.9 Å². The SMILES string of the molecule is c1ccc(C2(c3ccccc3)c3ccccc3-c3c(-c4nc(-c5ccc(-c6cc7ccccc7o6)cc5)nc(-c5ccc(-n6c7ccccc7c7cc(-c8cccc(C9(c%10ccccc%10)c%10ccccc%10-c%10c(-c%11nc(-c%12ccc(-c%13cc%14ccccc%14o%13)cc%12)nc(-c%12cccc%13c%12oc%12ccccc%12%13)n%11)cccc%109)c8)ccc76)cc5)n4)cccc32)cc1. The van der Waals surface area contributed by atoms with E-state index in [1.54, 1.807) is 0 Å². The Balaban J connectivity index is 0.602. The maximum atomic E-state index is 6.74. The second kappa shape index (κ2) is 28.0. The number of fused-ring (bicyclic) bond motifs is 14. The minimum absolute atomic E-state index is 0.503. The maximum Gasteiger partial charge on any atom is 0.167 e. The average Bonchev–Trinajstić information content (AvgIpc) is 1.53. The molecule has 0 amide bonds. The van der Waals surface area contributed by atoms with Gasteiger partial charge in [-0.15, -0.1) is 0 Å². The van der Waals surface area contributed by atoms with Gasteiger partial charge in [0.2, 0.25) is 0 Å². The van der Waals surface area contributed by atoms with E-state index in [2.05, 4.69) is 369 Å². The molecule has 0 bridgehead atoms. The summed E-state index contributed by atoms with van der Waals surface area (Å²) in [5.41, 5.74) is 27.8. The predicted octanol–water partition coefficient (Wildman–Crippen LogP) is 28.3. The van der Waals surface area contributed by atoms with Crippen LogP contribution in [0.15, 0.2) is 432 Å². The topological polar surface area (TPSA) is 122 Å². The Bertz CT molecular complexity index is 8130. The van der Waals surface area contributed by atoms with Gasteiger partial charge in [-0.1, -0.05) is 334 Å². The minimum Gasteiger partial charge on any atom is -0.456 e. The van der Waals surface area contributed by atoms with Crippen LogP contribution in [0.3, 0.4) is 0 Å². The number of hydrogen-bond acceptors (Lipinski definition) is 9. The highest BCUT2D eigenvalue weighted by Crippen LogP contribution is 2.61. The summed E-state index contributed by atoms with van der Waals surface area (Å²) < 4.78 is 21.9. The third kappa shape index (κ3) is 10.9. The molecule has 23 aromatic rings. The fraction of sp³-hybridized carbons (Fsp3) is 0.0175. The third-order valence-corrected chi connectivity index (χ3v) is 25.5. The average molecular weight is 1580 g/mol. The fourth-order valence-electron chi connectivity index (χ4n) is 20.0. The standard InChI is InChI=1S/C114H69N7O3/c1-4-29-79(30-5-1)113(80-31-6-2-7-32-80)93-44-16-12-38-87(93)104-89(41-24-46-95(104)113)110-116-107(72-56-52-70(53-57-72)102-68-77-26-10-19-49-99(77)122-102)115-108(117-110)74-60-63-83(64-61-74)121-97-48-18-14-36-84(97)92-67-76(62-65-98(92)121)75-28-22-35-82(66-75)114(81-33-8-3-9-34-81)94-45-17-13-39-88(94)105-90(42-25-47-96(105)114)111-118-109(73-58-54-71(55-59-73)103-69-78-27-11-20-50-100(78)123-103)119-112(120-111)91-43-23-40-86-85-37-15-21-51-101(85)124-106(86)91/h1-69H. The molecule has 124 heavy (non-hydrogen) atoms. The van der Waals surface area contributed by atoms with Gasteiger partial charge < -0.3 is 17.8 Å². The molecule has 10 heteroatoms. The fourth-order valence-corrected chi connectivity index (χ4v) is 20.0. The largest absolute Gasteiger partial charge is 0.456 e. The first kappa shape index (κ1) is 70.5. The van der Waals surface area contributed by atoms with Crippen LogP contribution in [-0.4, -0.2) is 34.5 Å². The van der Waals surface area contributed by atoms with E-state index in [0.717, 1.165) is 177 Å². The molecule has 2 aliphatic carbocycles. The molecule has 0 saturated carbocycles. The zero-order valence-corrected chi connectivity index (χ0v) is 66.7. The van der Waals surface area contributed by atoms with Crippen LogP contribution >= 0.6 is 0 Å². The van der Waals surface area contributed by atoms with Gasteiger partial charge in [-0.05, 0) is 163 Å². The first-order valence-corrected chi connectivity index (χ1v) is 41.9. The highest BCUT2D eigenvalue weighted by Gasteiger charge is 2.49. The predicted molar refractivity (Wildman–Crippen MR) is 498 cm³/mol. The second-order valence-corrected chi connectivity index (χ2v) is 32.2. The van der Waals surface area contributed by atoms with E-state index in [1.807, 2.05) is 54.6 Å². The van der Waals surface area contributed by atoms with Gasteiger partial charge in [0.15, 0.2) is 34.9 Å². The molecule has 578 valence electrons. The molecular weight excluding hydrogens is 1520 g/mol. The van der Waals surface area contributed by atoms with E-state index in [4.69, 9.17) is 43.2 Å². The molecule has 0 fully saturated rings. The minimum atomic E-state index is -0.796. The molecule has 25 rings (SSSR count). The molecule has 10 nitrogen and oxygen atoms in total. The molecule has 0 saturated heterocycles. The van der Waals surface area contributed by atoms with Crippen molar-refractivity contribution in [2.45, 2.75) is 10.8 Å². The Kier molecular flexibility index (Phi) is 15.9. The Morgan fingerprint density at radius 1 is 0.210 bits per heavy atom. The molecule has 6 aromatic heterocycles. The van der Waals surface area contributed by atoms with Crippen LogP contribution < -0.4 is 0 Å². The summed E-state index contributed by atoms with van der Waals surface area (Å²) in [5.74, 6) is 4.84. The summed E-state index contributed by atoms with van der Waals surface area (Å²) in [5, 5.41) is 6.39. The third-order valence-electron chi connectivity index (χ3n) is 25.5. The number of para-hydroxylation sites is 5. The highest BCUT2D eigenvalue weighted by molar-refractivity contribution is 6.12. The van der Waals surface area contributed by atoms with Gasteiger partial charge in [0.05, 0.1) is 27.4 Å². The Morgan fingerprint density at radius 2 is 0.581 bits per heavy atom. The van der Waals surface area contributed by atoms with Crippen molar-refractivity contribution in [2.75, 3.05) is 0 Å². The van der Waals surface area contributed by atoms with E-state index >= 15 is 0 Å². The number of hydrogen-bond donors (Lipinski definition) is 0. The lowest BCUT2D eigenvalue weighted by Gasteiger charge is -2.34. The van der Waals surface area contributed by atoms with Crippen LogP contribution in [0.25, 0.3) is 196 Å². The summed E-state index contributed by atoms with van der Waals surface area (Å²) in [6, 6.07) is 149. The van der Waals surface area contributed by atoms with Crippen LogP contribution in [0, 0.1) is 0 Å². The molecule has 0 radical (unpaired) electrons. The zero-order chi connectivity index (χ0) is 81.6. The van der Waals surface area contributed by atoms with Crippen LogP contribution in [0.1, 0.15) is 44.5 Å². The van der Waals surface area contributed by atoms with Gasteiger partial charge in [0.25, 0.3) is 0 Å². The van der Waals surface area contributed by atoms with Crippen molar-refractivity contribution in [1.29, 1.82) is 0 Å². The molecule has 0 spiro atoms. The smallest absolute Gasteiger partial charge is 0.167 e. The molecular formula is C114H69N7O3. The molecule has 0 aliphatic heterocycles. The second-order valence-electron chi connectivity index (χ2n) is 32.2. The van der Waals surface area contributed by atoms with Crippen molar-refractivity contribution >= 4 is 65.7 Å². The Labute approximate surface area is 712 Å². The van der Waals surface area contributed by atoms with Crippen molar-refractivity contribution in [2.24, 2.45) is 0 Å². The van der Waals surface area contributed by atoms with Crippen molar-refractivity contribution in [3.8, 4) is 130 Å². The van der Waals surface area contributed by atoms with Gasteiger partial charge in [0.1, 0.15) is 33.9 Å². The van der Waals surface area contributed by atoms with E-state index in [0.29, 0.717) is 40.5 Å². The lowest BCUT2D eigenvalue weighted by atomic mass is 9.67. The van der Waals surface area contributed by atoms with Gasteiger partial charge in [0, 0.05) is 76.9 Å². The number of benzene rings is 17. The quantitative estimate of drug-likeness (QED) is 0.105. The van der Waals surface area contributed by atoms with Crippen LogP contribution in [-0.2, 0) is 10.8 Å². The lowest BCUT2D eigenvalue weighted by molar-refractivity contribution is 0.631. The number of nitrogens with zero attached hydrogens (tertiary/aromatic N) is 7. The monoisotopic (exact) mass is 1580 g/mol. The van der Waals surface area contributed by atoms with Gasteiger partial charge in [-0.2, -0.15) is 0 Å². The van der Waals surface area contributed by atoms with Crippen LogP contribution in [0.4, 0.5) is 0 Å². The normalized spacial score (nSPS) is 13.7. The number of furan rings is 3. The Hall–Kier alpha value is -16.6. The highest BCUT2D eigenvalue weighted by atomic mass is 16.3. The van der Waals surface area contributed by atoms with E-state index in [9.17, 15) is 0 Å². The molecule has 0 N–H and O–H groups in total. The number of aromatic nitrogens is 7. The number of rotatable bonds is 14. The van der Waals surface area contributed by atoms with Crippen molar-refractivity contribution in [1.82, 2.24) is 34.5 Å². The van der Waals surface area contributed by atoms with Crippen molar-refractivity contribution < 1.29 is 13.3 Å². The summed E-state index contributed by atoms with van der Waals surface area (Å²) in [7, 11) is 0. The zero-order valence-electron chi connectivity index (χ0n) is 66.7. The summed E-state index contributed by atoms with van der Waals surface area (Å²) in [6.45, 7) is 0. The van der Waals surface area contributed by atoms with Crippen LogP contribution in [0.2, 0.25) is 0 Å². The molecule has 1 atom stereocenters.